The van der Waals surface area contributed by atoms with Gasteiger partial charge in [-0.15, -0.1) is 0 Å². The van der Waals surface area contributed by atoms with E-state index >= 15 is 0 Å². The molecule has 7 nitrogen and oxygen atoms in total. The number of nitro benzene ring substituents is 1. The lowest BCUT2D eigenvalue weighted by Crippen LogP contribution is -2.37. The average molecular weight is 331 g/mol. The molecule has 0 saturated heterocycles. The van der Waals surface area contributed by atoms with Crippen molar-refractivity contribution in [2.45, 2.75) is 6.18 Å². The highest BCUT2D eigenvalue weighted by Crippen LogP contribution is 2.34. The summed E-state index contributed by atoms with van der Waals surface area (Å²) in [5.74, 6) is 0.730. The largest absolute Gasteiger partial charge is 0.416 e. The molecule has 0 bridgehead atoms. The molecule has 1 aliphatic rings. The number of anilines is 1. The molecule has 23 heavy (non-hydrogen) atoms. The van der Waals surface area contributed by atoms with Crippen molar-refractivity contribution in [3.63, 3.8) is 0 Å². The van der Waals surface area contributed by atoms with Crippen LogP contribution in [-0.4, -0.2) is 49.0 Å². The van der Waals surface area contributed by atoms with E-state index in [-0.39, 0.29) is 5.69 Å². The van der Waals surface area contributed by atoms with Gasteiger partial charge in [0.15, 0.2) is 5.96 Å². The van der Waals surface area contributed by atoms with Crippen LogP contribution in [0.15, 0.2) is 23.2 Å². The minimum absolute atomic E-state index is 0.0477. The Bertz CT molecular complexity index is 618. The number of alkyl halides is 3. The molecule has 1 heterocycles. The zero-order chi connectivity index (χ0) is 17.0. The highest BCUT2D eigenvalue weighted by Gasteiger charge is 2.32. The van der Waals surface area contributed by atoms with Gasteiger partial charge in [-0.2, -0.15) is 13.2 Å². The summed E-state index contributed by atoms with van der Waals surface area (Å²) in [7, 11) is 1.88. The highest BCUT2D eigenvalue weighted by molar-refractivity contribution is 5.81. The number of nitro groups is 1. The number of hydrogen-bond donors (Lipinski definition) is 2. The Balaban J connectivity index is 1.98. The molecule has 0 aromatic heterocycles. The van der Waals surface area contributed by atoms with Gasteiger partial charge in [0.05, 0.1) is 17.0 Å². The van der Waals surface area contributed by atoms with Gasteiger partial charge in [0.1, 0.15) is 5.69 Å². The van der Waals surface area contributed by atoms with Crippen LogP contribution in [0, 0.1) is 10.1 Å². The molecule has 0 radical (unpaired) electrons. The van der Waals surface area contributed by atoms with Gasteiger partial charge in [-0.1, -0.05) is 0 Å². The molecular weight excluding hydrogens is 315 g/mol. The lowest BCUT2D eigenvalue weighted by Gasteiger charge is -2.15. The van der Waals surface area contributed by atoms with Gasteiger partial charge in [-0.3, -0.25) is 15.1 Å². The van der Waals surface area contributed by atoms with Crippen LogP contribution in [0.25, 0.3) is 0 Å². The van der Waals surface area contributed by atoms with E-state index in [1.807, 2.05) is 11.9 Å². The van der Waals surface area contributed by atoms with E-state index in [1.54, 1.807) is 0 Å². The van der Waals surface area contributed by atoms with E-state index < -0.39 is 22.4 Å². The fraction of sp³-hybridized carbons (Fsp3) is 0.462. The first kappa shape index (κ1) is 16.8. The third-order valence-electron chi connectivity index (χ3n) is 3.30. The Labute approximate surface area is 130 Å². The molecule has 1 aromatic rings. The lowest BCUT2D eigenvalue weighted by molar-refractivity contribution is -0.384. The van der Waals surface area contributed by atoms with Crippen LogP contribution < -0.4 is 10.6 Å². The molecule has 0 aliphatic carbocycles. The van der Waals surface area contributed by atoms with Gasteiger partial charge in [0.2, 0.25) is 0 Å². The molecule has 0 fully saturated rings. The molecule has 0 spiro atoms. The molecule has 0 saturated carbocycles. The van der Waals surface area contributed by atoms with Crippen LogP contribution in [0.5, 0.6) is 0 Å². The molecule has 2 N–H and O–H groups in total. The van der Waals surface area contributed by atoms with Gasteiger partial charge >= 0.3 is 6.18 Å². The predicted molar refractivity (Wildman–Crippen MR) is 79.5 cm³/mol. The third-order valence-corrected chi connectivity index (χ3v) is 3.30. The fourth-order valence-electron chi connectivity index (χ4n) is 2.10. The van der Waals surface area contributed by atoms with Gasteiger partial charge in [0.25, 0.3) is 5.69 Å². The first-order valence-electron chi connectivity index (χ1n) is 6.88. The summed E-state index contributed by atoms with van der Waals surface area (Å²) in [6.07, 6.45) is -4.62. The highest BCUT2D eigenvalue weighted by atomic mass is 19.4. The second-order valence-corrected chi connectivity index (χ2v) is 4.97. The Morgan fingerprint density at radius 1 is 1.35 bits per heavy atom. The smallest absolute Gasteiger partial charge is 0.378 e. The number of aliphatic imine (C=N–C) groups is 1. The predicted octanol–water partition coefficient (Wildman–Crippen LogP) is 1.92. The number of halogens is 3. The Morgan fingerprint density at radius 3 is 2.61 bits per heavy atom. The summed E-state index contributed by atoms with van der Waals surface area (Å²) in [6, 6.07) is 2.42. The minimum Gasteiger partial charge on any atom is -0.378 e. The monoisotopic (exact) mass is 331 g/mol. The zero-order valence-electron chi connectivity index (χ0n) is 12.4. The van der Waals surface area contributed by atoms with Crippen molar-refractivity contribution < 1.29 is 18.1 Å². The number of rotatable bonds is 5. The van der Waals surface area contributed by atoms with Crippen molar-refractivity contribution in [2.24, 2.45) is 4.99 Å². The summed E-state index contributed by atoms with van der Waals surface area (Å²) in [6.45, 7) is 2.26. The normalized spacial score (nSPS) is 14.6. The maximum absolute atomic E-state index is 12.6. The van der Waals surface area contributed by atoms with Crippen LogP contribution in [0.1, 0.15) is 5.56 Å². The zero-order valence-corrected chi connectivity index (χ0v) is 12.4. The number of benzene rings is 1. The van der Waals surface area contributed by atoms with Gasteiger partial charge in [-0.25, -0.2) is 0 Å². The molecule has 2 rings (SSSR count). The van der Waals surface area contributed by atoms with Gasteiger partial charge in [0, 0.05) is 32.7 Å². The second kappa shape index (κ2) is 6.71. The number of guanidine groups is 1. The molecule has 0 unspecified atom stereocenters. The maximum Gasteiger partial charge on any atom is 0.416 e. The molecule has 1 aromatic carbocycles. The van der Waals surface area contributed by atoms with E-state index in [9.17, 15) is 23.3 Å². The SMILES string of the molecule is CN1CCN=C1NCCNc1ccc(C(F)(F)F)cc1[N+](=O)[O-]. The summed E-state index contributed by atoms with van der Waals surface area (Å²) in [5.41, 5.74) is -1.60. The molecular formula is C13H16F3N5O2. The Hall–Kier alpha value is -2.52. The fourth-order valence-corrected chi connectivity index (χ4v) is 2.10. The maximum atomic E-state index is 12.6. The summed E-state index contributed by atoms with van der Waals surface area (Å²) < 4.78 is 37.8. The number of nitrogens with zero attached hydrogens (tertiary/aromatic N) is 3. The van der Waals surface area contributed by atoms with Crippen molar-refractivity contribution >= 4 is 17.3 Å². The van der Waals surface area contributed by atoms with Gasteiger partial charge in [-0.05, 0) is 12.1 Å². The first-order chi connectivity index (χ1) is 10.8. The summed E-state index contributed by atoms with van der Waals surface area (Å²) >= 11 is 0. The Kier molecular flexibility index (Phi) is 4.92. The summed E-state index contributed by atoms with van der Waals surface area (Å²) in [4.78, 5) is 16.3. The molecule has 126 valence electrons. The van der Waals surface area contributed by atoms with E-state index in [2.05, 4.69) is 15.6 Å². The third kappa shape index (κ3) is 4.24. The minimum atomic E-state index is -4.62. The van der Waals surface area contributed by atoms with Crippen LogP contribution >= 0.6 is 0 Å². The van der Waals surface area contributed by atoms with Crippen molar-refractivity contribution in [1.82, 2.24) is 10.2 Å². The van der Waals surface area contributed by atoms with Crippen molar-refractivity contribution in [3.05, 3.63) is 33.9 Å². The van der Waals surface area contributed by atoms with E-state index in [4.69, 9.17) is 0 Å². The van der Waals surface area contributed by atoms with Crippen LogP contribution in [-0.2, 0) is 6.18 Å². The average Bonchev–Trinajstić information content (AvgIpc) is 2.88. The number of hydrogen-bond acceptors (Lipinski definition) is 6. The molecule has 10 heteroatoms. The lowest BCUT2D eigenvalue weighted by atomic mass is 10.1. The van der Waals surface area contributed by atoms with Crippen molar-refractivity contribution in [2.75, 3.05) is 38.5 Å². The summed E-state index contributed by atoms with van der Waals surface area (Å²) in [5, 5.41) is 16.8. The standard InChI is InChI=1S/C13H16F3N5O2/c1-20-7-6-19-12(20)18-5-4-17-10-3-2-9(13(14,15)16)8-11(10)21(22)23/h2-3,8,17H,4-7H2,1H3,(H,18,19). The number of likely N-dealkylation sites (N-methyl/N-ethyl adjacent to an activating group) is 1. The molecule has 0 amide bonds. The van der Waals surface area contributed by atoms with Crippen LogP contribution in [0.4, 0.5) is 24.5 Å². The Morgan fingerprint density at radius 2 is 2.04 bits per heavy atom. The topological polar surface area (TPSA) is 82.8 Å². The van der Waals surface area contributed by atoms with Crippen molar-refractivity contribution in [1.29, 1.82) is 0 Å². The number of nitrogens with one attached hydrogen (secondary N) is 2. The second-order valence-electron chi connectivity index (χ2n) is 4.97. The first-order valence-corrected chi connectivity index (χ1v) is 6.88. The van der Waals surface area contributed by atoms with Crippen molar-refractivity contribution in [3.8, 4) is 0 Å². The molecule has 0 atom stereocenters. The van der Waals surface area contributed by atoms with E-state index in [0.717, 1.165) is 24.6 Å². The van der Waals surface area contributed by atoms with E-state index in [1.165, 1.54) is 0 Å². The van der Waals surface area contributed by atoms with Crippen LogP contribution in [0.2, 0.25) is 0 Å². The quantitative estimate of drug-likeness (QED) is 0.489. The van der Waals surface area contributed by atoms with Gasteiger partial charge < -0.3 is 15.5 Å². The molecule has 1 aliphatic heterocycles. The van der Waals surface area contributed by atoms with E-state index in [0.29, 0.717) is 25.7 Å². The van der Waals surface area contributed by atoms with Crippen LogP contribution in [0.3, 0.4) is 0 Å².